The lowest BCUT2D eigenvalue weighted by Crippen LogP contribution is -2.36. The number of amides is 2. The highest BCUT2D eigenvalue weighted by molar-refractivity contribution is 6.39. The number of imidazole rings is 1. The van der Waals surface area contributed by atoms with Crippen LogP contribution in [0.5, 0.6) is 0 Å². The molecular weight excluding hydrogens is 330 g/mol. The molecule has 0 bridgehead atoms. The van der Waals surface area contributed by atoms with Crippen LogP contribution in [0.4, 0.5) is 5.69 Å². The van der Waals surface area contributed by atoms with Crippen LogP contribution < -0.4 is 10.6 Å². The van der Waals surface area contributed by atoms with Gasteiger partial charge in [-0.25, -0.2) is 4.98 Å². The van der Waals surface area contributed by atoms with E-state index in [1.807, 2.05) is 48.9 Å². The minimum Gasteiger partial charge on any atom is -0.341 e. The molecule has 0 unspecified atom stereocenters. The maximum Gasteiger partial charge on any atom is 0.313 e. The zero-order valence-electron chi connectivity index (χ0n) is 14.5. The third-order valence-corrected chi connectivity index (χ3v) is 3.97. The molecule has 7 heteroatoms. The number of anilines is 1. The molecule has 7 nitrogen and oxygen atoms in total. The molecule has 0 aliphatic carbocycles. The van der Waals surface area contributed by atoms with E-state index in [2.05, 4.69) is 20.6 Å². The van der Waals surface area contributed by atoms with Gasteiger partial charge in [0.2, 0.25) is 0 Å². The van der Waals surface area contributed by atoms with E-state index >= 15 is 0 Å². The van der Waals surface area contributed by atoms with Crippen molar-refractivity contribution in [1.82, 2.24) is 19.9 Å². The summed E-state index contributed by atoms with van der Waals surface area (Å²) in [6, 6.07) is 10.8. The summed E-state index contributed by atoms with van der Waals surface area (Å²) >= 11 is 0. The van der Waals surface area contributed by atoms with Gasteiger partial charge < -0.3 is 15.2 Å². The van der Waals surface area contributed by atoms with Crippen molar-refractivity contribution in [1.29, 1.82) is 0 Å². The van der Waals surface area contributed by atoms with E-state index in [0.29, 0.717) is 5.69 Å². The van der Waals surface area contributed by atoms with Crippen molar-refractivity contribution >= 4 is 17.5 Å². The zero-order chi connectivity index (χ0) is 18.5. The first-order valence-corrected chi connectivity index (χ1v) is 8.17. The van der Waals surface area contributed by atoms with Gasteiger partial charge in [0, 0.05) is 24.3 Å². The van der Waals surface area contributed by atoms with Crippen LogP contribution in [0.2, 0.25) is 0 Å². The third kappa shape index (κ3) is 3.94. The Morgan fingerprint density at radius 3 is 2.46 bits per heavy atom. The number of hydrogen-bond donors (Lipinski definition) is 2. The van der Waals surface area contributed by atoms with Gasteiger partial charge in [0.1, 0.15) is 5.82 Å². The number of nitrogens with one attached hydrogen (secondary N) is 2. The largest absolute Gasteiger partial charge is 0.341 e. The quantitative estimate of drug-likeness (QED) is 0.708. The highest BCUT2D eigenvalue weighted by atomic mass is 16.2. The molecule has 0 saturated heterocycles. The van der Waals surface area contributed by atoms with Crippen LogP contribution in [-0.2, 0) is 9.59 Å². The van der Waals surface area contributed by atoms with Gasteiger partial charge in [0.15, 0.2) is 0 Å². The first-order chi connectivity index (χ1) is 12.5. The van der Waals surface area contributed by atoms with Crippen molar-refractivity contribution in [2.24, 2.45) is 0 Å². The molecule has 2 amide bonds. The maximum absolute atomic E-state index is 12.1. The molecule has 0 spiro atoms. The van der Waals surface area contributed by atoms with Crippen LogP contribution in [0, 0.1) is 6.92 Å². The van der Waals surface area contributed by atoms with Gasteiger partial charge in [-0.1, -0.05) is 12.1 Å². The molecule has 2 aromatic heterocycles. The fourth-order valence-corrected chi connectivity index (χ4v) is 2.54. The van der Waals surface area contributed by atoms with Crippen LogP contribution in [0.15, 0.2) is 61.2 Å². The molecule has 26 heavy (non-hydrogen) atoms. The van der Waals surface area contributed by atoms with Gasteiger partial charge in [0.05, 0.1) is 17.9 Å². The summed E-state index contributed by atoms with van der Waals surface area (Å²) in [6.45, 7) is 3.75. The summed E-state index contributed by atoms with van der Waals surface area (Å²) < 4.78 is 1.97. The fourth-order valence-electron chi connectivity index (χ4n) is 2.54. The van der Waals surface area contributed by atoms with Crippen LogP contribution >= 0.6 is 0 Å². The summed E-state index contributed by atoms with van der Waals surface area (Å²) in [5.41, 5.74) is 2.35. The summed E-state index contributed by atoms with van der Waals surface area (Å²) in [7, 11) is 0. The molecule has 0 aliphatic rings. The van der Waals surface area contributed by atoms with Crippen molar-refractivity contribution in [3.8, 4) is 5.69 Å². The minimum atomic E-state index is -0.726. The summed E-state index contributed by atoms with van der Waals surface area (Å²) in [5.74, 6) is -0.530. The second kappa shape index (κ2) is 7.60. The van der Waals surface area contributed by atoms with Crippen LogP contribution in [0.1, 0.15) is 24.4 Å². The molecule has 2 heterocycles. The number of nitrogens with zero attached hydrogens (tertiary/aromatic N) is 3. The van der Waals surface area contributed by atoms with Crippen molar-refractivity contribution in [3.63, 3.8) is 0 Å². The Bertz CT molecular complexity index is 903. The van der Waals surface area contributed by atoms with E-state index in [9.17, 15) is 9.59 Å². The molecule has 1 atom stereocenters. The smallest absolute Gasteiger partial charge is 0.313 e. The molecule has 0 aliphatic heterocycles. The van der Waals surface area contributed by atoms with Crippen molar-refractivity contribution in [3.05, 3.63) is 72.6 Å². The number of benzene rings is 1. The standard InChI is InChI=1S/C19H19N5O2/c1-13(22-18(25)19(26)23-16-4-3-9-20-12-16)15-5-7-17(8-6-15)24-11-10-21-14(24)2/h3-13H,1-2H3,(H,22,25)(H,23,26)/t13-/m0/s1. The number of carbonyl (C=O) groups excluding carboxylic acids is 2. The SMILES string of the molecule is Cc1nccn1-c1ccc([C@H](C)NC(=O)C(=O)Nc2cccnc2)cc1. The number of pyridine rings is 1. The Morgan fingerprint density at radius 2 is 1.85 bits per heavy atom. The molecule has 0 saturated carbocycles. The molecule has 1 aromatic carbocycles. The Morgan fingerprint density at radius 1 is 1.08 bits per heavy atom. The topological polar surface area (TPSA) is 88.9 Å². The predicted molar refractivity (Wildman–Crippen MR) is 97.7 cm³/mol. The molecular formula is C19H19N5O2. The Kier molecular flexibility index (Phi) is 5.07. The van der Waals surface area contributed by atoms with E-state index in [-0.39, 0.29) is 6.04 Å². The zero-order valence-corrected chi connectivity index (χ0v) is 14.5. The Balaban J connectivity index is 1.62. The number of aromatic nitrogens is 3. The normalized spacial score (nSPS) is 11.6. The fraction of sp³-hybridized carbons (Fsp3) is 0.158. The van der Waals surface area contributed by atoms with Gasteiger partial charge in [-0.2, -0.15) is 0 Å². The average molecular weight is 349 g/mol. The van der Waals surface area contributed by atoms with E-state index in [0.717, 1.165) is 17.1 Å². The van der Waals surface area contributed by atoms with E-state index in [1.165, 1.54) is 6.20 Å². The molecule has 2 N–H and O–H groups in total. The van der Waals surface area contributed by atoms with Gasteiger partial charge in [-0.3, -0.25) is 14.6 Å². The Hall–Kier alpha value is -3.48. The molecule has 3 aromatic rings. The molecule has 3 rings (SSSR count). The molecule has 0 fully saturated rings. The van der Waals surface area contributed by atoms with Gasteiger partial charge >= 0.3 is 11.8 Å². The van der Waals surface area contributed by atoms with Crippen molar-refractivity contribution < 1.29 is 9.59 Å². The lowest BCUT2D eigenvalue weighted by atomic mass is 10.1. The number of hydrogen-bond acceptors (Lipinski definition) is 4. The second-order valence-corrected chi connectivity index (χ2v) is 5.83. The monoisotopic (exact) mass is 349 g/mol. The first-order valence-electron chi connectivity index (χ1n) is 8.17. The van der Waals surface area contributed by atoms with E-state index in [4.69, 9.17) is 0 Å². The van der Waals surface area contributed by atoms with Crippen LogP contribution in [0.3, 0.4) is 0 Å². The highest BCUT2D eigenvalue weighted by Gasteiger charge is 2.17. The Labute approximate surface area is 151 Å². The summed E-state index contributed by atoms with van der Waals surface area (Å²) in [5, 5.41) is 5.20. The lowest BCUT2D eigenvalue weighted by molar-refractivity contribution is -0.136. The first kappa shape index (κ1) is 17.3. The number of carbonyl (C=O) groups is 2. The predicted octanol–water partition coefficient (Wildman–Crippen LogP) is 2.39. The maximum atomic E-state index is 12.1. The summed E-state index contributed by atoms with van der Waals surface area (Å²) in [4.78, 5) is 32.1. The second-order valence-electron chi connectivity index (χ2n) is 5.83. The minimum absolute atomic E-state index is 0.305. The van der Waals surface area contributed by atoms with Gasteiger partial charge in [-0.05, 0) is 43.7 Å². The van der Waals surface area contributed by atoms with Crippen molar-refractivity contribution in [2.45, 2.75) is 19.9 Å². The average Bonchev–Trinajstić information content (AvgIpc) is 3.08. The third-order valence-electron chi connectivity index (χ3n) is 3.97. The number of aryl methyl sites for hydroxylation is 1. The van der Waals surface area contributed by atoms with E-state index < -0.39 is 11.8 Å². The lowest BCUT2D eigenvalue weighted by Gasteiger charge is -2.15. The van der Waals surface area contributed by atoms with E-state index in [1.54, 1.807) is 24.5 Å². The van der Waals surface area contributed by atoms with Crippen LogP contribution in [0.25, 0.3) is 5.69 Å². The highest BCUT2D eigenvalue weighted by Crippen LogP contribution is 2.16. The summed E-state index contributed by atoms with van der Waals surface area (Å²) in [6.07, 6.45) is 6.70. The van der Waals surface area contributed by atoms with Crippen LogP contribution in [-0.4, -0.2) is 26.3 Å². The molecule has 132 valence electrons. The molecule has 0 radical (unpaired) electrons. The van der Waals surface area contributed by atoms with Gasteiger partial charge in [0.25, 0.3) is 0 Å². The number of rotatable bonds is 4. The van der Waals surface area contributed by atoms with Gasteiger partial charge in [-0.15, -0.1) is 0 Å². The van der Waals surface area contributed by atoms with Crippen molar-refractivity contribution in [2.75, 3.05) is 5.32 Å².